The van der Waals surface area contributed by atoms with Crippen LogP contribution in [0.5, 0.6) is 0 Å². The molecule has 0 aliphatic heterocycles. The molecule has 13 aromatic rings. The highest BCUT2D eigenvalue weighted by atomic mass is 32.1. The van der Waals surface area contributed by atoms with Crippen molar-refractivity contribution < 1.29 is 0 Å². The Hall–Kier alpha value is -8.36. The summed E-state index contributed by atoms with van der Waals surface area (Å²) in [6.07, 6.45) is 3.72. The fourth-order valence-electron chi connectivity index (χ4n) is 10.0. The lowest BCUT2D eigenvalue weighted by Crippen LogP contribution is -2.09. The first kappa shape index (κ1) is 33.6. The fraction of sp³-hybridized carbons (Fsp3) is 0. The third-order valence-corrected chi connectivity index (χ3v) is 13.6. The SMILES string of the molecule is [C-]#[N+]c1c(-c2ccccc2)c(C#N)c(-n2c3ccccc3c3cc4sc5ccccc5c4cc32)c(-c2ccccc2)c1-n1c2nccc3c4ccccc4c4ccnc1c4c32. The molecule has 0 unspecified atom stereocenters. The van der Waals surface area contributed by atoms with Gasteiger partial charge >= 0.3 is 0 Å². The van der Waals surface area contributed by atoms with Crippen LogP contribution in [0.3, 0.4) is 0 Å². The summed E-state index contributed by atoms with van der Waals surface area (Å²) in [5.74, 6) is 0. The van der Waals surface area contributed by atoms with Gasteiger partial charge in [0, 0.05) is 65.2 Å². The van der Waals surface area contributed by atoms with Crippen LogP contribution in [0.1, 0.15) is 5.56 Å². The molecular formula is C54H28N6S. The molecule has 61 heavy (non-hydrogen) atoms. The molecule has 0 radical (unpaired) electrons. The lowest BCUT2D eigenvalue weighted by atomic mass is 9.88. The molecule has 0 bridgehead atoms. The largest absolute Gasteiger partial charge is 0.307 e. The summed E-state index contributed by atoms with van der Waals surface area (Å²) < 4.78 is 6.81. The zero-order valence-corrected chi connectivity index (χ0v) is 33.1. The summed E-state index contributed by atoms with van der Waals surface area (Å²) in [5.41, 5.74) is 8.38. The van der Waals surface area contributed by atoms with Gasteiger partial charge in [-0.15, -0.1) is 11.3 Å². The highest BCUT2D eigenvalue weighted by molar-refractivity contribution is 7.25. The summed E-state index contributed by atoms with van der Waals surface area (Å²) in [6, 6.07) is 57.1. The van der Waals surface area contributed by atoms with E-state index in [4.69, 9.17) is 16.5 Å². The van der Waals surface area contributed by atoms with E-state index < -0.39 is 0 Å². The Labute approximate surface area is 352 Å². The van der Waals surface area contributed by atoms with Crippen molar-refractivity contribution in [1.82, 2.24) is 19.1 Å². The molecule has 0 aliphatic carbocycles. The van der Waals surface area contributed by atoms with Gasteiger partial charge in [-0.2, -0.15) is 5.26 Å². The van der Waals surface area contributed by atoms with Crippen molar-refractivity contribution in [3.63, 3.8) is 0 Å². The Morgan fingerprint density at radius 2 is 1.07 bits per heavy atom. The van der Waals surface area contributed by atoms with Crippen LogP contribution in [0, 0.1) is 17.9 Å². The number of fused-ring (bicyclic) bond motifs is 9. The molecule has 0 spiro atoms. The maximum atomic E-state index is 11.7. The van der Waals surface area contributed by atoms with Crippen LogP contribution in [0.4, 0.5) is 5.69 Å². The normalized spacial score (nSPS) is 11.9. The van der Waals surface area contributed by atoms with E-state index in [9.17, 15) is 5.26 Å². The smallest absolute Gasteiger partial charge is 0.220 e. The third kappa shape index (κ3) is 4.47. The van der Waals surface area contributed by atoms with Crippen molar-refractivity contribution in [2.75, 3.05) is 0 Å². The lowest BCUT2D eigenvalue weighted by Gasteiger charge is -2.25. The average molecular weight is 793 g/mol. The van der Waals surface area contributed by atoms with Gasteiger partial charge in [0.05, 0.1) is 34.5 Å². The number of benzene rings is 8. The van der Waals surface area contributed by atoms with Crippen LogP contribution in [-0.4, -0.2) is 19.1 Å². The minimum absolute atomic E-state index is 0.354. The third-order valence-electron chi connectivity index (χ3n) is 12.4. The van der Waals surface area contributed by atoms with Gasteiger partial charge in [-0.25, -0.2) is 14.8 Å². The molecular weight excluding hydrogens is 765 g/mol. The van der Waals surface area contributed by atoms with Crippen LogP contribution in [0.25, 0.3) is 124 Å². The van der Waals surface area contributed by atoms with Crippen molar-refractivity contribution in [3.8, 4) is 39.7 Å². The molecule has 0 N–H and O–H groups in total. The number of para-hydroxylation sites is 1. The van der Waals surface area contributed by atoms with Crippen molar-refractivity contribution in [2.45, 2.75) is 0 Å². The lowest BCUT2D eigenvalue weighted by molar-refractivity contribution is 1.09. The number of hydrogen-bond acceptors (Lipinski definition) is 4. The first-order valence-corrected chi connectivity index (χ1v) is 20.9. The summed E-state index contributed by atoms with van der Waals surface area (Å²) in [6.45, 7) is 9.14. The monoisotopic (exact) mass is 792 g/mol. The van der Waals surface area contributed by atoms with E-state index in [0.29, 0.717) is 39.5 Å². The molecule has 7 heteroatoms. The second-order valence-corrected chi connectivity index (χ2v) is 16.5. The summed E-state index contributed by atoms with van der Waals surface area (Å²) in [7, 11) is 0. The Morgan fingerprint density at radius 3 is 1.70 bits per heavy atom. The Bertz CT molecular complexity index is 3980. The second kappa shape index (κ2) is 12.6. The van der Waals surface area contributed by atoms with E-state index in [2.05, 4.69) is 129 Å². The van der Waals surface area contributed by atoms with Crippen LogP contribution in [-0.2, 0) is 0 Å². The molecule has 0 aliphatic rings. The molecule has 0 atom stereocenters. The quantitative estimate of drug-likeness (QED) is 0.132. The number of thiophene rings is 1. The van der Waals surface area contributed by atoms with Gasteiger partial charge in [0.1, 0.15) is 17.4 Å². The molecule has 0 saturated carbocycles. The predicted octanol–water partition coefficient (Wildman–Crippen LogP) is 14.5. The van der Waals surface area contributed by atoms with E-state index in [-0.39, 0.29) is 0 Å². The van der Waals surface area contributed by atoms with Crippen LogP contribution >= 0.6 is 11.3 Å². The van der Waals surface area contributed by atoms with Crippen molar-refractivity contribution in [3.05, 3.63) is 187 Å². The molecule has 0 amide bonds. The Kier molecular flexibility index (Phi) is 6.92. The molecule has 6 nitrogen and oxygen atoms in total. The topological polar surface area (TPSA) is 63.8 Å². The first-order valence-electron chi connectivity index (χ1n) is 20.1. The molecule has 5 heterocycles. The van der Waals surface area contributed by atoms with Crippen LogP contribution < -0.4 is 0 Å². The van der Waals surface area contributed by atoms with Crippen molar-refractivity contribution in [2.24, 2.45) is 0 Å². The van der Waals surface area contributed by atoms with Gasteiger partial charge in [0.2, 0.25) is 5.69 Å². The first-order chi connectivity index (χ1) is 30.2. The highest BCUT2D eigenvalue weighted by Gasteiger charge is 2.33. The molecule has 280 valence electrons. The number of nitriles is 1. The molecule has 5 aromatic heterocycles. The van der Waals surface area contributed by atoms with Gasteiger partial charge in [0.25, 0.3) is 0 Å². The number of rotatable bonds is 4. The number of aromatic nitrogens is 4. The maximum Gasteiger partial charge on any atom is 0.220 e. The fourth-order valence-corrected chi connectivity index (χ4v) is 11.1. The van der Waals surface area contributed by atoms with Crippen LogP contribution in [0.2, 0.25) is 0 Å². The highest BCUT2D eigenvalue weighted by Crippen LogP contribution is 2.53. The zero-order valence-electron chi connectivity index (χ0n) is 32.3. The van der Waals surface area contributed by atoms with Gasteiger partial charge in [-0.1, -0.05) is 121 Å². The minimum atomic E-state index is 0.354. The number of nitrogens with zero attached hydrogens (tertiary/aromatic N) is 6. The summed E-state index contributed by atoms with van der Waals surface area (Å²) >= 11 is 1.80. The Morgan fingerprint density at radius 1 is 0.492 bits per heavy atom. The Balaban J connectivity index is 1.32. The van der Waals surface area contributed by atoms with E-state index in [1.54, 1.807) is 11.3 Å². The molecule has 13 rings (SSSR count). The van der Waals surface area contributed by atoms with Gasteiger partial charge in [-0.3, -0.25) is 4.57 Å². The van der Waals surface area contributed by atoms with Crippen molar-refractivity contribution >= 4 is 103 Å². The van der Waals surface area contributed by atoms with Gasteiger partial charge in [-0.05, 0) is 69.1 Å². The molecule has 8 aromatic carbocycles. The van der Waals surface area contributed by atoms with E-state index in [1.165, 1.54) is 14.8 Å². The second-order valence-electron chi connectivity index (χ2n) is 15.4. The van der Waals surface area contributed by atoms with Gasteiger partial charge < -0.3 is 4.57 Å². The summed E-state index contributed by atoms with van der Waals surface area (Å²) in [5, 5.41) is 22.6. The predicted molar refractivity (Wildman–Crippen MR) is 252 cm³/mol. The zero-order chi connectivity index (χ0) is 40.3. The number of pyridine rings is 2. The summed E-state index contributed by atoms with van der Waals surface area (Å²) in [4.78, 5) is 14.8. The van der Waals surface area contributed by atoms with E-state index in [0.717, 1.165) is 76.2 Å². The van der Waals surface area contributed by atoms with E-state index in [1.807, 2.05) is 60.9 Å². The standard InChI is InChI=1S/C54H28N6S/c1-56-50-46(31-14-4-2-5-15-31)41(30-55)51(59-42-22-12-10-20-35(42)39-29-45-40(28-43(39)59)36-21-11-13-23-44(36)61-45)47(32-16-6-3-7-17-32)52(50)60-53-48-37(24-26-57-53)33-18-8-9-19-34(33)38-25-27-58-54(60)49(38)48/h2-29H. The van der Waals surface area contributed by atoms with Gasteiger partial charge in [0.15, 0.2) is 0 Å². The molecule has 0 fully saturated rings. The maximum absolute atomic E-state index is 11.7. The average Bonchev–Trinajstić information content (AvgIpc) is 3.97. The van der Waals surface area contributed by atoms with Crippen LogP contribution in [0.15, 0.2) is 170 Å². The molecule has 0 saturated heterocycles. The number of hydrogen-bond donors (Lipinski definition) is 0. The van der Waals surface area contributed by atoms with Crippen molar-refractivity contribution in [1.29, 1.82) is 5.26 Å². The minimum Gasteiger partial charge on any atom is -0.307 e. The van der Waals surface area contributed by atoms with E-state index >= 15 is 0 Å².